The van der Waals surface area contributed by atoms with E-state index < -0.39 is 0 Å². The number of carbonyl (C=O) groups excluding carboxylic acids is 2. The molecule has 0 aromatic heterocycles. The Kier molecular flexibility index (Phi) is 6.86. The van der Waals surface area contributed by atoms with Crippen LogP contribution in [0.5, 0.6) is 0 Å². The van der Waals surface area contributed by atoms with Crippen LogP contribution in [0.2, 0.25) is 0 Å². The smallest absolute Gasteiger partial charge is 0.258 e. The first kappa shape index (κ1) is 21.1. The molecular weight excluding hydrogens is 374 g/mol. The Morgan fingerprint density at radius 1 is 0.833 bits per heavy atom. The highest BCUT2D eigenvalue weighted by molar-refractivity contribution is 6.06. The van der Waals surface area contributed by atoms with Crippen molar-refractivity contribution in [3.8, 4) is 0 Å². The maximum absolute atomic E-state index is 13.0. The van der Waals surface area contributed by atoms with Crippen LogP contribution in [0.3, 0.4) is 0 Å². The molecule has 3 rings (SSSR count). The van der Waals surface area contributed by atoms with Gasteiger partial charge in [0.1, 0.15) is 0 Å². The number of anilines is 3. The SMILES string of the molecule is CCN(C(=O)c1cccc(NCC(=O)Nc2ccc(C)c(C)c2)c1)c1ccccc1. The molecule has 0 aliphatic carbocycles. The van der Waals surface area contributed by atoms with E-state index in [9.17, 15) is 9.59 Å². The van der Waals surface area contributed by atoms with Crippen LogP contribution >= 0.6 is 0 Å². The van der Waals surface area contributed by atoms with Crippen molar-refractivity contribution in [2.24, 2.45) is 0 Å². The molecule has 3 aromatic rings. The van der Waals surface area contributed by atoms with Crippen LogP contribution in [0.25, 0.3) is 0 Å². The molecule has 0 atom stereocenters. The maximum Gasteiger partial charge on any atom is 0.258 e. The third-order valence-electron chi connectivity index (χ3n) is 4.98. The molecule has 0 spiro atoms. The summed E-state index contributed by atoms with van der Waals surface area (Å²) < 4.78 is 0. The third kappa shape index (κ3) is 5.26. The van der Waals surface area contributed by atoms with Crippen LogP contribution in [0.4, 0.5) is 17.1 Å². The minimum absolute atomic E-state index is 0.0769. The number of amides is 2. The fraction of sp³-hybridized carbons (Fsp3) is 0.200. The van der Waals surface area contributed by atoms with Gasteiger partial charge in [-0.1, -0.05) is 30.3 Å². The Balaban J connectivity index is 1.64. The van der Waals surface area contributed by atoms with Crippen LogP contribution in [0, 0.1) is 13.8 Å². The van der Waals surface area contributed by atoms with E-state index in [1.807, 2.05) is 81.4 Å². The van der Waals surface area contributed by atoms with Crippen molar-refractivity contribution in [2.75, 3.05) is 28.6 Å². The molecule has 0 saturated heterocycles. The van der Waals surface area contributed by atoms with Crippen LogP contribution < -0.4 is 15.5 Å². The molecule has 0 aliphatic rings. The van der Waals surface area contributed by atoms with Crippen molar-refractivity contribution in [1.82, 2.24) is 0 Å². The van der Waals surface area contributed by atoms with Gasteiger partial charge in [0, 0.05) is 29.2 Å². The molecule has 3 aromatic carbocycles. The first-order valence-electron chi connectivity index (χ1n) is 10.1. The average molecular weight is 402 g/mol. The zero-order chi connectivity index (χ0) is 21.5. The van der Waals surface area contributed by atoms with Gasteiger partial charge >= 0.3 is 0 Å². The topological polar surface area (TPSA) is 61.4 Å². The number of benzene rings is 3. The molecule has 0 fully saturated rings. The number of aryl methyl sites for hydroxylation is 2. The molecule has 2 amide bonds. The van der Waals surface area contributed by atoms with Crippen molar-refractivity contribution in [2.45, 2.75) is 20.8 Å². The predicted molar refractivity (Wildman–Crippen MR) is 123 cm³/mol. The lowest BCUT2D eigenvalue weighted by Gasteiger charge is -2.21. The van der Waals surface area contributed by atoms with E-state index in [2.05, 4.69) is 10.6 Å². The maximum atomic E-state index is 13.0. The van der Waals surface area contributed by atoms with Gasteiger partial charge in [-0.15, -0.1) is 0 Å². The van der Waals surface area contributed by atoms with Gasteiger partial charge in [-0.2, -0.15) is 0 Å². The number of hydrogen-bond donors (Lipinski definition) is 2. The van der Waals surface area contributed by atoms with Crippen LogP contribution in [0.15, 0.2) is 72.8 Å². The lowest BCUT2D eigenvalue weighted by molar-refractivity contribution is -0.114. The molecule has 0 aliphatic heterocycles. The van der Waals surface area contributed by atoms with Gasteiger partial charge in [0.25, 0.3) is 5.91 Å². The number of rotatable bonds is 7. The Hall–Kier alpha value is -3.60. The van der Waals surface area contributed by atoms with Gasteiger partial charge in [-0.3, -0.25) is 9.59 Å². The van der Waals surface area contributed by atoms with Crippen molar-refractivity contribution >= 4 is 28.9 Å². The summed E-state index contributed by atoms with van der Waals surface area (Å²) in [5.41, 5.74) is 5.24. The largest absolute Gasteiger partial charge is 0.376 e. The zero-order valence-corrected chi connectivity index (χ0v) is 17.6. The molecule has 0 heterocycles. The highest BCUT2D eigenvalue weighted by Gasteiger charge is 2.16. The predicted octanol–water partition coefficient (Wildman–Crippen LogP) is 5.02. The van der Waals surface area contributed by atoms with Gasteiger partial charge < -0.3 is 15.5 Å². The molecule has 0 radical (unpaired) electrons. The Morgan fingerprint density at radius 2 is 1.60 bits per heavy atom. The van der Waals surface area contributed by atoms with Gasteiger partial charge in [0.2, 0.25) is 5.91 Å². The van der Waals surface area contributed by atoms with Crippen LogP contribution in [0.1, 0.15) is 28.4 Å². The number of nitrogens with zero attached hydrogens (tertiary/aromatic N) is 1. The molecule has 0 unspecified atom stereocenters. The number of nitrogens with one attached hydrogen (secondary N) is 2. The van der Waals surface area contributed by atoms with Crippen molar-refractivity contribution < 1.29 is 9.59 Å². The Bertz CT molecular complexity index is 1030. The second kappa shape index (κ2) is 9.74. The summed E-state index contributed by atoms with van der Waals surface area (Å²) in [6.07, 6.45) is 0. The zero-order valence-electron chi connectivity index (χ0n) is 17.6. The van der Waals surface area contributed by atoms with Gasteiger partial charge in [0.15, 0.2) is 0 Å². The van der Waals surface area contributed by atoms with E-state index in [0.29, 0.717) is 12.1 Å². The van der Waals surface area contributed by atoms with E-state index in [4.69, 9.17) is 0 Å². The summed E-state index contributed by atoms with van der Waals surface area (Å²) in [6, 6.07) is 22.6. The summed E-state index contributed by atoms with van der Waals surface area (Å²) in [7, 11) is 0. The fourth-order valence-corrected chi connectivity index (χ4v) is 3.18. The summed E-state index contributed by atoms with van der Waals surface area (Å²) in [5.74, 6) is -0.221. The van der Waals surface area contributed by atoms with Gasteiger partial charge in [-0.05, 0) is 74.4 Å². The fourth-order valence-electron chi connectivity index (χ4n) is 3.18. The molecule has 0 saturated carbocycles. The second-order valence-electron chi connectivity index (χ2n) is 7.17. The molecule has 5 heteroatoms. The minimum atomic E-state index is -0.144. The molecule has 154 valence electrons. The number of hydrogen-bond acceptors (Lipinski definition) is 3. The average Bonchev–Trinajstić information content (AvgIpc) is 2.76. The molecule has 2 N–H and O–H groups in total. The second-order valence-corrected chi connectivity index (χ2v) is 7.17. The van der Waals surface area contributed by atoms with Crippen LogP contribution in [-0.2, 0) is 4.79 Å². The standard InChI is InChI=1S/C25H27N3O2/c1-4-28(23-11-6-5-7-12-23)25(30)20-9-8-10-21(16-20)26-17-24(29)27-22-14-13-18(2)19(3)15-22/h5-16,26H,4,17H2,1-3H3,(H,27,29). The number of para-hydroxylation sites is 1. The first-order chi connectivity index (χ1) is 14.5. The minimum Gasteiger partial charge on any atom is -0.376 e. The quantitative estimate of drug-likeness (QED) is 0.584. The molecule has 5 nitrogen and oxygen atoms in total. The lowest BCUT2D eigenvalue weighted by Crippen LogP contribution is -2.30. The van der Waals surface area contributed by atoms with Crippen molar-refractivity contribution in [3.63, 3.8) is 0 Å². The Morgan fingerprint density at radius 3 is 2.30 bits per heavy atom. The summed E-state index contributed by atoms with van der Waals surface area (Å²) in [6.45, 7) is 6.68. The normalized spacial score (nSPS) is 10.4. The molecule has 0 bridgehead atoms. The summed E-state index contributed by atoms with van der Waals surface area (Å²) in [4.78, 5) is 27.0. The van der Waals surface area contributed by atoms with E-state index in [-0.39, 0.29) is 18.4 Å². The van der Waals surface area contributed by atoms with E-state index >= 15 is 0 Å². The third-order valence-corrected chi connectivity index (χ3v) is 4.98. The van der Waals surface area contributed by atoms with E-state index in [0.717, 1.165) is 22.6 Å². The van der Waals surface area contributed by atoms with Crippen molar-refractivity contribution in [3.05, 3.63) is 89.5 Å². The van der Waals surface area contributed by atoms with Gasteiger partial charge in [-0.25, -0.2) is 0 Å². The van der Waals surface area contributed by atoms with Crippen molar-refractivity contribution in [1.29, 1.82) is 0 Å². The summed E-state index contributed by atoms with van der Waals surface area (Å²) in [5, 5.41) is 5.99. The van der Waals surface area contributed by atoms with E-state index in [1.54, 1.807) is 17.0 Å². The highest BCUT2D eigenvalue weighted by Crippen LogP contribution is 2.19. The molecular formula is C25H27N3O2. The summed E-state index contributed by atoms with van der Waals surface area (Å²) >= 11 is 0. The van der Waals surface area contributed by atoms with E-state index in [1.165, 1.54) is 5.56 Å². The number of carbonyl (C=O) groups is 2. The first-order valence-corrected chi connectivity index (χ1v) is 10.1. The van der Waals surface area contributed by atoms with Crippen LogP contribution in [-0.4, -0.2) is 24.9 Å². The highest BCUT2D eigenvalue weighted by atomic mass is 16.2. The monoisotopic (exact) mass is 401 g/mol. The van der Waals surface area contributed by atoms with Gasteiger partial charge in [0.05, 0.1) is 6.54 Å². The molecule has 30 heavy (non-hydrogen) atoms. The Labute approximate surface area is 177 Å². The lowest BCUT2D eigenvalue weighted by atomic mass is 10.1.